The Balaban J connectivity index is 1.73. The van der Waals surface area contributed by atoms with Gasteiger partial charge in [-0.05, 0) is 42.7 Å². The maximum Gasteiger partial charge on any atom is 0.275 e. The van der Waals surface area contributed by atoms with Crippen LogP contribution in [0.5, 0.6) is 0 Å². The van der Waals surface area contributed by atoms with E-state index < -0.39 is 0 Å². The van der Waals surface area contributed by atoms with Gasteiger partial charge in [-0.15, -0.1) is 23.1 Å². The molecule has 3 rings (SSSR count). The van der Waals surface area contributed by atoms with Crippen LogP contribution in [-0.4, -0.2) is 21.7 Å². The van der Waals surface area contributed by atoms with E-state index in [9.17, 15) is 4.79 Å². The van der Waals surface area contributed by atoms with Gasteiger partial charge in [0.1, 0.15) is 5.69 Å². The lowest BCUT2D eigenvalue weighted by Gasteiger charge is -2.03. The molecule has 106 valence electrons. The van der Waals surface area contributed by atoms with Crippen LogP contribution in [0.4, 0.5) is 5.69 Å². The summed E-state index contributed by atoms with van der Waals surface area (Å²) in [4.78, 5) is 17.7. The minimum atomic E-state index is -0.193. The van der Waals surface area contributed by atoms with Crippen LogP contribution in [0.2, 0.25) is 0 Å². The van der Waals surface area contributed by atoms with E-state index in [4.69, 9.17) is 0 Å². The number of thiazole rings is 1. The monoisotopic (exact) mass is 315 g/mol. The molecule has 0 fully saturated rings. The Kier molecular flexibility index (Phi) is 4.08. The van der Waals surface area contributed by atoms with E-state index >= 15 is 0 Å². The maximum atomic E-state index is 12.2. The number of nitrogens with one attached hydrogen (secondary N) is 1. The first-order chi connectivity index (χ1) is 10.3. The smallest absolute Gasteiger partial charge is 0.275 e. The summed E-state index contributed by atoms with van der Waals surface area (Å²) in [7, 11) is 0. The summed E-state index contributed by atoms with van der Waals surface area (Å²) in [5.74, 6) is -0.193. The Labute approximate surface area is 130 Å². The molecular weight excluding hydrogens is 302 g/mol. The molecule has 0 radical (unpaired) electrons. The SMILES string of the molecule is CSc1ccc(NC(=O)c2csc(-n3cccc3)n2)cc1. The lowest BCUT2D eigenvalue weighted by molar-refractivity contribution is 0.102. The average molecular weight is 315 g/mol. The molecule has 1 N–H and O–H groups in total. The Morgan fingerprint density at radius 3 is 2.62 bits per heavy atom. The molecule has 1 amide bonds. The molecule has 0 bridgehead atoms. The fourth-order valence-electron chi connectivity index (χ4n) is 1.82. The first-order valence-electron chi connectivity index (χ1n) is 6.30. The van der Waals surface area contributed by atoms with E-state index in [1.54, 1.807) is 17.1 Å². The molecule has 0 unspecified atom stereocenters. The number of thioether (sulfide) groups is 1. The largest absolute Gasteiger partial charge is 0.321 e. The summed E-state index contributed by atoms with van der Waals surface area (Å²) in [6.45, 7) is 0. The fraction of sp³-hybridized carbons (Fsp3) is 0.0667. The highest BCUT2D eigenvalue weighted by Gasteiger charge is 2.11. The summed E-state index contributed by atoms with van der Waals surface area (Å²) in [6.07, 6.45) is 5.83. The molecule has 0 aliphatic rings. The van der Waals surface area contributed by atoms with Crippen LogP contribution in [0.3, 0.4) is 0 Å². The number of anilines is 1. The number of rotatable bonds is 4. The minimum absolute atomic E-state index is 0.193. The second-order valence-electron chi connectivity index (χ2n) is 4.29. The third kappa shape index (κ3) is 3.17. The van der Waals surface area contributed by atoms with Crippen molar-refractivity contribution in [2.24, 2.45) is 0 Å². The highest BCUT2D eigenvalue weighted by molar-refractivity contribution is 7.98. The minimum Gasteiger partial charge on any atom is -0.321 e. The van der Waals surface area contributed by atoms with Crippen LogP contribution in [0.25, 0.3) is 5.13 Å². The zero-order valence-corrected chi connectivity index (χ0v) is 12.9. The lowest BCUT2D eigenvalue weighted by Crippen LogP contribution is -2.12. The van der Waals surface area contributed by atoms with Gasteiger partial charge in [0.25, 0.3) is 5.91 Å². The molecule has 0 atom stereocenters. The average Bonchev–Trinajstić information content (AvgIpc) is 3.19. The number of benzene rings is 1. The van der Waals surface area contributed by atoms with E-state index in [1.807, 2.05) is 59.6 Å². The quantitative estimate of drug-likeness (QED) is 0.743. The van der Waals surface area contributed by atoms with Crippen molar-refractivity contribution in [1.82, 2.24) is 9.55 Å². The van der Waals surface area contributed by atoms with Gasteiger partial charge in [0.15, 0.2) is 5.13 Å². The van der Waals surface area contributed by atoms with Gasteiger partial charge in [-0.2, -0.15) is 0 Å². The summed E-state index contributed by atoms with van der Waals surface area (Å²) >= 11 is 3.11. The lowest BCUT2D eigenvalue weighted by atomic mass is 10.3. The number of nitrogens with zero attached hydrogens (tertiary/aromatic N) is 2. The van der Waals surface area contributed by atoms with Crippen LogP contribution < -0.4 is 5.32 Å². The summed E-state index contributed by atoms with van der Waals surface area (Å²) in [6, 6.07) is 11.6. The van der Waals surface area contributed by atoms with E-state index in [1.165, 1.54) is 11.3 Å². The molecule has 3 aromatic rings. The second kappa shape index (κ2) is 6.15. The molecule has 0 saturated heterocycles. The van der Waals surface area contributed by atoms with E-state index in [0.717, 1.165) is 15.7 Å². The molecule has 0 spiro atoms. The van der Waals surface area contributed by atoms with Crippen molar-refractivity contribution in [3.8, 4) is 5.13 Å². The number of carbonyl (C=O) groups is 1. The van der Waals surface area contributed by atoms with Crippen LogP contribution in [-0.2, 0) is 0 Å². The zero-order chi connectivity index (χ0) is 14.7. The predicted octanol–water partition coefficient (Wildman–Crippen LogP) is 3.91. The molecule has 6 heteroatoms. The fourth-order valence-corrected chi connectivity index (χ4v) is 3.00. The first-order valence-corrected chi connectivity index (χ1v) is 8.41. The molecule has 2 aromatic heterocycles. The Hall–Kier alpha value is -2.05. The third-order valence-electron chi connectivity index (χ3n) is 2.90. The standard InChI is InChI=1S/C15H13N3OS2/c1-20-12-6-4-11(5-7-12)16-14(19)13-10-21-15(17-13)18-8-2-3-9-18/h2-10H,1H3,(H,16,19). The number of carbonyl (C=O) groups excluding carboxylic acids is 1. The summed E-state index contributed by atoms with van der Waals surface area (Å²) < 4.78 is 1.88. The number of hydrogen-bond donors (Lipinski definition) is 1. The summed E-state index contributed by atoms with van der Waals surface area (Å²) in [5, 5.41) is 5.40. The Morgan fingerprint density at radius 1 is 1.24 bits per heavy atom. The highest BCUT2D eigenvalue weighted by atomic mass is 32.2. The molecule has 0 saturated carbocycles. The van der Waals surface area contributed by atoms with Gasteiger partial charge < -0.3 is 9.88 Å². The summed E-state index contributed by atoms with van der Waals surface area (Å²) in [5.41, 5.74) is 1.20. The topological polar surface area (TPSA) is 46.9 Å². The molecule has 21 heavy (non-hydrogen) atoms. The van der Waals surface area contributed by atoms with Crippen molar-refractivity contribution >= 4 is 34.7 Å². The maximum absolute atomic E-state index is 12.2. The van der Waals surface area contributed by atoms with Gasteiger partial charge in [0.2, 0.25) is 0 Å². The molecule has 2 heterocycles. The normalized spacial score (nSPS) is 10.5. The highest BCUT2D eigenvalue weighted by Crippen LogP contribution is 2.19. The molecule has 4 nitrogen and oxygen atoms in total. The van der Waals surface area contributed by atoms with Crippen LogP contribution in [0.1, 0.15) is 10.5 Å². The van der Waals surface area contributed by atoms with Crippen molar-refractivity contribution in [3.05, 3.63) is 59.9 Å². The van der Waals surface area contributed by atoms with Gasteiger partial charge in [-0.3, -0.25) is 4.79 Å². The van der Waals surface area contributed by atoms with E-state index in [2.05, 4.69) is 10.3 Å². The van der Waals surface area contributed by atoms with Crippen molar-refractivity contribution in [2.75, 3.05) is 11.6 Å². The van der Waals surface area contributed by atoms with E-state index in [-0.39, 0.29) is 5.91 Å². The molecule has 1 aromatic carbocycles. The van der Waals surface area contributed by atoms with Crippen LogP contribution in [0.15, 0.2) is 59.1 Å². The van der Waals surface area contributed by atoms with Crippen molar-refractivity contribution < 1.29 is 4.79 Å². The molecular formula is C15H13N3OS2. The second-order valence-corrected chi connectivity index (χ2v) is 6.00. The first kappa shape index (κ1) is 13.9. The third-order valence-corrected chi connectivity index (χ3v) is 4.50. The van der Waals surface area contributed by atoms with E-state index in [0.29, 0.717) is 5.69 Å². The van der Waals surface area contributed by atoms with Gasteiger partial charge in [0.05, 0.1) is 0 Å². The zero-order valence-electron chi connectivity index (χ0n) is 11.3. The molecule has 0 aliphatic carbocycles. The number of aromatic nitrogens is 2. The molecule has 0 aliphatic heterocycles. The van der Waals surface area contributed by atoms with Gasteiger partial charge >= 0.3 is 0 Å². The number of amides is 1. The Bertz CT molecular complexity index is 733. The predicted molar refractivity (Wildman–Crippen MR) is 87.6 cm³/mol. The van der Waals surface area contributed by atoms with Gasteiger partial charge in [-0.1, -0.05) is 0 Å². The van der Waals surface area contributed by atoms with Gasteiger partial charge in [-0.25, -0.2) is 4.98 Å². The van der Waals surface area contributed by atoms with Gasteiger partial charge in [0, 0.05) is 28.4 Å². The van der Waals surface area contributed by atoms with Crippen LogP contribution in [0, 0.1) is 0 Å². The Morgan fingerprint density at radius 2 is 1.95 bits per heavy atom. The van der Waals surface area contributed by atoms with Crippen LogP contribution >= 0.6 is 23.1 Å². The number of hydrogen-bond acceptors (Lipinski definition) is 4. The van der Waals surface area contributed by atoms with Crippen molar-refractivity contribution in [1.29, 1.82) is 0 Å². The van der Waals surface area contributed by atoms with Crippen molar-refractivity contribution in [2.45, 2.75) is 4.90 Å². The van der Waals surface area contributed by atoms with Crippen molar-refractivity contribution in [3.63, 3.8) is 0 Å².